The quantitative estimate of drug-likeness (QED) is 0.719. The molecule has 0 spiro atoms. The summed E-state index contributed by atoms with van der Waals surface area (Å²) >= 11 is 1.61. The van der Waals surface area contributed by atoms with E-state index in [0.717, 1.165) is 22.0 Å². The number of hydrogen-bond donors (Lipinski definition) is 0. The van der Waals surface area contributed by atoms with Crippen molar-refractivity contribution >= 4 is 11.3 Å². The van der Waals surface area contributed by atoms with E-state index in [1.807, 2.05) is 0 Å². The lowest BCUT2D eigenvalue weighted by Gasteiger charge is -1.95. The van der Waals surface area contributed by atoms with Crippen molar-refractivity contribution in [3.05, 3.63) is 35.1 Å². The van der Waals surface area contributed by atoms with Gasteiger partial charge in [-0.25, -0.2) is 4.39 Å². The second kappa shape index (κ2) is 6.59. The van der Waals surface area contributed by atoms with Crippen molar-refractivity contribution in [2.45, 2.75) is 39.0 Å². The van der Waals surface area contributed by atoms with Gasteiger partial charge in [-0.1, -0.05) is 37.5 Å². The van der Waals surface area contributed by atoms with Crippen LogP contribution in [0.15, 0.2) is 24.3 Å². The van der Waals surface area contributed by atoms with E-state index in [1.165, 1.54) is 37.8 Å². The molecule has 0 atom stereocenters. The summed E-state index contributed by atoms with van der Waals surface area (Å²) in [5.41, 5.74) is 0.939. The molecule has 0 bridgehead atoms. The molecule has 1 heterocycles. The van der Waals surface area contributed by atoms with Crippen LogP contribution >= 0.6 is 11.3 Å². The van der Waals surface area contributed by atoms with Crippen molar-refractivity contribution < 1.29 is 4.39 Å². The molecule has 0 unspecified atom stereocenters. The molecule has 0 radical (unpaired) electrons. The van der Waals surface area contributed by atoms with Crippen LogP contribution in [0.4, 0.5) is 4.39 Å². The Morgan fingerprint density at radius 2 is 1.83 bits per heavy atom. The zero-order valence-corrected chi connectivity index (χ0v) is 11.3. The van der Waals surface area contributed by atoms with Gasteiger partial charge in [-0.2, -0.15) is 0 Å². The van der Waals surface area contributed by atoms with Crippen LogP contribution in [0, 0.1) is 5.82 Å². The van der Waals surface area contributed by atoms with Crippen molar-refractivity contribution in [3.8, 4) is 10.6 Å². The maximum absolute atomic E-state index is 12.8. The van der Waals surface area contributed by atoms with Crippen LogP contribution in [0.1, 0.15) is 37.6 Å². The third-order valence-corrected chi connectivity index (χ3v) is 3.83. The minimum Gasteiger partial charge on any atom is -0.207 e. The Morgan fingerprint density at radius 1 is 1.06 bits per heavy atom. The minimum atomic E-state index is -0.219. The van der Waals surface area contributed by atoms with E-state index in [2.05, 4.69) is 17.1 Å². The van der Waals surface area contributed by atoms with E-state index in [-0.39, 0.29) is 5.82 Å². The van der Waals surface area contributed by atoms with Gasteiger partial charge >= 0.3 is 0 Å². The number of aryl methyl sites for hydroxylation is 1. The summed E-state index contributed by atoms with van der Waals surface area (Å²) in [7, 11) is 0. The first-order valence-corrected chi connectivity index (χ1v) is 7.19. The van der Waals surface area contributed by atoms with Crippen LogP contribution in [0.3, 0.4) is 0 Å². The second-order valence-electron chi connectivity index (χ2n) is 4.32. The average Bonchev–Trinajstić information content (AvgIpc) is 2.84. The van der Waals surface area contributed by atoms with Gasteiger partial charge in [-0.15, -0.1) is 10.2 Å². The van der Waals surface area contributed by atoms with Crippen molar-refractivity contribution in [2.24, 2.45) is 0 Å². The van der Waals surface area contributed by atoms with E-state index in [4.69, 9.17) is 0 Å². The van der Waals surface area contributed by atoms with E-state index < -0.39 is 0 Å². The van der Waals surface area contributed by atoms with Crippen LogP contribution in [-0.2, 0) is 6.42 Å². The Labute approximate surface area is 111 Å². The first-order chi connectivity index (χ1) is 8.79. The highest BCUT2D eigenvalue weighted by Crippen LogP contribution is 2.24. The lowest BCUT2D eigenvalue weighted by molar-refractivity contribution is 0.628. The second-order valence-corrected chi connectivity index (χ2v) is 5.38. The van der Waals surface area contributed by atoms with Crippen LogP contribution in [0.25, 0.3) is 10.6 Å². The molecular formula is C14H17FN2S. The molecule has 96 valence electrons. The molecule has 0 saturated heterocycles. The molecule has 18 heavy (non-hydrogen) atoms. The molecule has 4 heteroatoms. The normalized spacial score (nSPS) is 10.8. The summed E-state index contributed by atoms with van der Waals surface area (Å²) in [6, 6.07) is 6.41. The van der Waals surface area contributed by atoms with Gasteiger partial charge < -0.3 is 0 Å². The van der Waals surface area contributed by atoms with E-state index in [1.54, 1.807) is 23.5 Å². The SMILES string of the molecule is CCCCCCc1nnc(-c2ccc(F)cc2)s1. The Balaban J connectivity index is 1.95. The molecule has 0 saturated carbocycles. The fraction of sp³-hybridized carbons (Fsp3) is 0.429. The zero-order valence-electron chi connectivity index (χ0n) is 10.5. The van der Waals surface area contributed by atoms with Crippen LogP contribution in [-0.4, -0.2) is 10.2 Å². The molecule has 2 rings (SSSR count). The number of nitrogens with zero attached hydrogens (tertiary/aromatic N) is 2. The first-order valence-electron chi connectivity index (χ1n) is 6.38. The van der Waals surface area contributed by atoms with Gasteiger partial charge in [0.2, 0.25) is 0 Å². The third kappa shape index (κ3) is 3.60. The average molecular weight is 264 g/mol. The van der Waals surface area contributed by atoms with Crippen LogP contribution < -0.4 is 0 Å². The Hall–Kier alpha value is -1.29. The maximum atomic E-state index is 12.8. The number of unbranched alkanes of at least 4 members (excludes halogenated alkanes) is 3. The Kier molecular flexibility index (Phi) is 4.81. The zero-order chi connectivity index (χ0) is 12.8. The van der Waals surface area contributed by atoms with Crippen LogP contribution in [0.2, 0.25) is 0 Å². The van der Waals surface area contributed by atoms with E-state index in [0.29, 0.717) is 0 Å². The van der Waals surface area contributed by atoms with Gasteiger partial charge in [0.05, 0.1) is 0 Å². The summed E-state index contributed by atoms with van der Waals surface area (Å²) in [6.07, 6.45) is 5.95. The smallest absolute Gasteiger partial charge is 0.147 e. The lowest BCUT2D eigenvalue weighted by atomic mass is 10.2. The van der Waals surface area contributed by atoms with Crippen molar-refractivity contribution in [2.75, 3.05) is 0 Å². The molecule has 0 aliphatic carbocycles. The minimum absolute atomic E-state index is 0.219. The number of hydrogen-bond acceptors (Lipinski definition) is 3. The number of rotatable bonds is 6. The summed E-state index contributed by atoms with van der Waals surface area (Å²) in [4.78, 5) is 0. The summed E-state index contributed by atoms with van der Waals surface area (Å²) in [5, 5.41) is 10.3. The van der Waals surface area contributed by atoms with Gasteiger partial charge in [-0.3, -0.25) is 0 Å². The highest BCUT2D eigenvalue weighted by Gasteiger charge is 2.06. The molecule has 0 aliphatic heterocycles. The highest BCUT2D eigenvalue weighted by atomic mass is 32.1. The highest BCUT2D eigenvalue weighted by molar-refractivity contribution is 7.14. The molecule has 0 amide bonds. The van der Waals surface area contributed by atoms with Gasteiger partial charge in [0.15, 0.2) is 0 Å². The number of aromatic nitrogens is 2. The fourth-order valence-electron chi connectivity index (χ4n) is 1.77. The molecule has 2 nitrogen and oxygen atoms in total. The van der Waals surface area contributed by atoms with Crippen LogP contribution in [0.5, 0.6) is 0 Å². The van der Waals surface area contributed by atoms with Crippen molar-refractivity contribution in [1.29, 1.82) is 0 Å². The molecule has 1 aromatic heterocycles. The molecular weight excluding hydrogens is 247 g/mol. The summed E-state index contributed by atoms with van der Waals surface area (Å²) in [6.45, 7) is 2.21. The fourth-order valence-corrected chi connectivity index (χ4v) is 2.65. The molecule has 0 N–H and O–H groups in total. The summed E-state index contributed by atoms with van der Waals surface area (Å²) in [5.74, 6) is -0.219. The largest absolute Gasteiger partial charge is 0.207 e. The maximum Gasteiger partial charge on any atom is 0.147 e. The predicted molar refractivity (Wildman–Crippen MR) is 73.1 cm³/mol. The standard InChI is InChI=1S/C14H17FN2S/c1-2-3-4-5-6-13-16-17-14(18-13)11-7-9-12(15)10-8-11/h7-10H,2-6H2,1H3. The van der Waals surface area contributed by atoms with Gasteiger partial charge in [0, 0.05) is 12.0 Å². The van der Waals surface area contributed by atoms with Gasteiger partial charge in [-0.05, 0) is 30.7 Å². The molecule has 1 aromatic carbocycles. The number of halogens is 1. The predicted octanol–water partition coefficient (Wildman–Crippen LogP) is 4.47. The first kappa shape index (κ1) is 13.1. The summed E-state index contributed by atoms with van der Waals surface area (Å²) < 4.78 is 12.8. The van der Waals surface area contributed by atoms with E-state index >= 15 is 0 Å². The molecule has 0 fully saturated rings. The van der Waals surface area contributed by atoms with Crippen molar-refractivity contribution in [1.82, 2.24) is 10.2 Å². The monoisotopic (exact) mass is 264 g/mol. The van der Waals surface area contributed by atoms with Gasteiger partial charge in [0.25, 0.3) is 0 Å². The number of benzene rings is 1. The van der Waals surface area contributed by atoms with E-state index in [9.17, 15) is 4.39 Å². The van der Waals surface area contributed by atoms with Gasteiger partial charge in [0.1, 0.15) is 15.8 Å². The Morgan fingerprint density at radius 3 is 2.56 bits per heavy atom. The molecule has 0 aliphatic rings. The lowest BCUT2D eigenvalue weighted by Crippen LogP contribution is -1.84. The third-order valence-electron chi connectivity index (χ3n) is 2.80. The Bertz CT molecular complexity index is 479. The van der Waals surface area contributed by atoms with Crippen molar-refractivity contribution in [3.63, 3.8) is 0 Å². The topological polar surface area (TPSA) is 25.8 Å². The molecule has 2 aromatic rings.